The summed E-state index contributed by atoms with van der Waals surface area (Å²) in [7, 11) is 1.70. The van der Waals surface area contributed by atoms with Crippen LogP contribution in [0.25, 0.3) is 10.9 Å². The number of hydrogen-bond acceptors (Lipinski definition) is 4. The lowest BCUT2D eigenvalue weighted by molar-refractivity contribution is 0.173. The van der Waals surface area contributed by atoms with Gasteiger partial charge in [0.25, 0.3) is 0 Å². The Hall–Kier alpha value is -2.75. The van der Waals surface area contributed by atoms with E-state index < -0.39 is 0 Å². The molecule has 4 heteroatoms. The normalized spacial score (nSPS) is 12.6. The molecule has 2 aromatic carbocycles. The summed E-state index contributed by atoms with van der Waals surface area (Å²) in [5.41, 5.74) is 3.12. The summed E-state index contributed by atoms with van der Waals surface area (Å²) in [5.74, 6) is 2.55. The molecule has 2 heterocycles. The monoisotopic (exact) mass is 307 g/mol. The van der Waals surface area contributed by atoms with Crippen LogP contribution in [0.15, 0.2) is 48.5 Å². The number of nitrogens with zero attached hydrogens (tertiary/aromatic N) is 1. The van der Waals surface area contributed by atoms with E-state index in [9.17, 15) is 0 Å². The third-order valence-electron chi connectivity index (χ3n) is 4.08. The van der Waals surface area contributed by atoms with Crippen molar-refractivity contribution in [2.24, 2.45) is 0 Å². The number of methoxy groups -OCH3 is 1. The predicted octanol–water partition coefficient (Wildman–Crippen LogP) is 3.76. The standard InChI is InChI=1S/C19H17NO3/c1-21-18-11-14(20-16-7-3-2-6-15(16)18)10-9-13-5-4-8-17-19(13)23-12-22-17/h2-8,11H,9-10,12H2,1H3. The maximum atomic E-state index is 5.57. The van der Waals surface area contributed by atoms with Gasteiger partial charge in [0.15, 0.2) is 11.5 Å². The van der Waals surface area contributed by atoms with Crippen molar-refractivity contribution >= 4 is 10.9 Å². The number of ether oxygens (including phenoxy) is 3. The van der Waals surface area contributed by atoms with E-state index in [0.29, 0.717) is 6.79 Å². The number of benzene rings is 2. The fourth-order valence-corrected chi connectivity index (χ4v) is 2.94. The van der Waals surface area contributed by atoms with Crippen LogP contribution in [0.2, 0.25) is 0 Å². The summed E-state index contributed by atoms with van der Waals surface area (Å²) in [6.07, 6.45) is 1.67. The Morgan fingerprint density at radius 3 is 2.87 bits per heavy atom. The molecule has 0 radical (unpaired) electrons. The van der Waals surface area contributed by atoms with Crippen LogP contribution >= 0.6 is 0 Å². The van der Waals surface area contributed by atoms with Crippen molar-refractivity contribution in [1.29, 1.82) is 0 Å². The Morgan fingerprint density at radius 1 is 1.04 bits per heavy atom. The first-order chi connectivity index (χ1) is 11.3. The van der Waals surface area contributed by atoms with Gasteiger partial charge in [0.05, 0.1) is 12.6 Å². The topological polar surface area (TPSA) is 40.6 Å². The molecule has 0 saturated carbocycles. The lowest BCUT2D eigenvalue weighted by Gasteiger charge is -2.09. The van der Waals surface area contributed by atoms with Crippen molar-refractivity contribution in [3.05, 3.63) is 59.8 Å². The van der Waals surface area contributed by atoms with Gasteiger partial charge in [-0.05, 0) is 36.6 Å². The van der Waals surface area contributed by atoms with Crippen molar-refractivity contribution in [2.75, 3.05) is 13.9 Å². The highest BCUT2D eigenvalue weighted by Gasteiger charge is 2.17. The van der Waals surface area contributed by atoms with Crippen molar-refractivity contribution in [3.63, 3.8) is 0 Å². The molecule has 4 rings (SSSR count). The molecule has 23 heavy (non-hydrogen) atoms. The van der Waals surface area contributed by atoms with Gasteiger partial charge in [0, 0.05) is 17.1 Å². The molecule has 0 bridgehead atoms. The second-order valence-corrected chi connectivity index (χ2v) is 5.48. The minimum atomic E-state index is 0.300. The van der Waals surface area contributed by atoms with Gasteiger partial charge in [-0.2, -0.15) is 0 Å². The molecule has 0 saturated heterocycles. The smallest absolute Gasteiger partial charge is 0.231 e. The molecule has 0 spiro atoms. The lowest BCUT2D eigenvalue weighted by atomic mass is 10.1. The first kappa shape index (κ1) is 13.9. The van der Waals surface area contributed by atoms with E-state index in [1.807, 2.05) is 42.5 Å². The first-order valence-electron chi connectivity index (χ1n) is 7.65. The summed E-state index contributed by atoms with van der Waals surface area (Å²) in [4.78, 5) is 4.74. The molecule has 116 valence electrons. The van der Waals surface area contributed by atoms with E-state index in [4.69, 9.17) is 19.2 Å². The SMILES string of the molecule is COc1cc(CCc2cccc3c2OCO3)nc2ccccc12. The highest BCUT2D eigenvalue weighted by atomic mass is 16.7. The first-order valence-corrected chi connectivity index (χ1v) is 7.65. The highest BCUT2D eigenvalue weighted by molar-refractivity contribution is 5.85. The highest BCUT2D eigenvalue weighted by Crippen LogP contribution is 2.36. The van der Waals surface area contributed by atoms with E-state index in [-0.39, 0.29) is 0 Å². The summed E-state index contributed by atoms with van der Waals surface area (Å²) >= 11 is 0. The van der Waals surface area contributed by atoms with Gasteiger partial charge in [-0.15, -0.1) is 0 Å². The Balaban J connectivity index is 1.62. The predicted molar refractivity (Wildman–Crippen MR) is 88.3 cm³/mol. The molecule has 1 aliphatic heterocycles. The molecule has 0 N–H and O–H groups in total. The van der Waals surface area contributed by atoms with Crippen molar-refractivity contribution in [2.45, 2.75) is 12.8 Å². The molecule has 0 unspecified atom stereocenters. The van der Waals surface area contributed by atoms with E-state index in [1.54, 1.807) is 7.11 Å². The molecule has 0 aliphatic carbocycles. The minimum absolute atomic E-state index is 0.300. The summed E-state index contributed by atoms with van der Waals surface area (Å²) in [6, 6.07) is 16.1. The fraction of sp³-hybridized carbons (Fsp3) is 0.211. The molecular formula is C19H17NO3. The molecule has 0 atom stereocenters. The molecular weight excluding hydrogens is 290 g/mol. The second kappa shape index (κ2) is 5.80. The van der Waals surface area contributed by atoms with Gasteiger partial charge in [0.1, 0.15) is 5.75 Å². The Morgan fingerprint density at radius 2 is 1.96 bits per heavy atom. The van der Waals surface area contributed by atoms with Crippen molar-refractivity contribution < 1.29 is 14.2 Å². The maximum Gasteiger partial charge on any atom is 0.231 e. The number of hydrogen-bond donors (Lipinski definition) is 0. The Labute approximate surface area is 134 Å². The van der Waals surface area contributed by atoms with E-state index in [0.717, 1.165) is 52.3 Å². The van der Waals surface area contributed by atoms with Gasteiger partial charge in [-0.1, -0.05) is 24.3 Å². The van der Waals surface area contributed by atoms with Crippen LogP contribution in [0.5, 0.6) is 17.2 Å². The summed E-state index contributed by atoms with van der Waals surface area (Å²) in [6.45, 7) is 0.300. The van der Waals surface area contributed by atoms with Gasteiger partial charge in [0.2, 0.25) is 6.79 Å². The zero-order valence-electron chi connectivity index (χ0n) is 12.9. The van der Waals surface area contributed by atoms with Gasteiger partial charge >= 0.3 is 0 Å². The number of para-hydroxylation sites is 2. The van der Waals surface area contributed by atoms with Crippen LogP contribution in [0.3, 0.4) is 0 Å². The lowest BCUT2D eigenvalue weighted by Crippen LogP contribution is -1.99. The van der Waals surface area contributed by atoms with E-state index in [1.165, 1.54) is 0 Å². The molecule has 0 amide bonds. The van der Waals surface area contributed by atoms with Crippen LogP contribution in [-0.2, 0) is 12.8 Å². The average Bonchev–Trinajstić information content (AvgIpc) is 3.08. The quantitative estimate of drug-likeness (QED) is 0.736. The number of rotatable bonds is 4. The molecule has 1 aliphatic rings. The average molecular weight is 307 g/mol. The third-order valence-corrected chi connectivity index (χ3v) is 4.08. The molecule has 4 nitrogen and oxygen atoms in total. The zero-order chi connectivity index (χ0) is 15.6. The largest absolute Gasteiger partial charge is 0.496 e. The van der Waals surface area contributed by atoms with Crippen molar-refractivity contribution in [3.8, 4) is 17.2 Å². The molecule has 1 aromatic heterocycles. The van der Waals surface area contributed by atoms with Gasteiger partial charge in [-0.25, -0.2) is 0 Å². The zero-order valence-corrected chi connectivity index (χ0v) is 12.9. The number of fused-ring (bicyclic) bond motifs is 2. The minimum Gasteiger partial charge on any atom is -0.496 e. The van der Waals surface area contributed by atoms with Gasteiger partial charge < -0.3 is 14.2 Å². The van der Waals surface area contributed by atoms with Crippen LogP contribution in [0.1, 0.15) is 11.3 Å². The fourth-order valence-electron chi connectivity index (χ4n) is 2.94. The second-order valence-electron chi connectivity index (χ2n) is 5.48. The van der Waals surface area contributed by atoms with Crippen LogP contribution < -0.4 is 14.2 Å². The molecule has 3 aromatic rings. The van der Waals surface area contributed by atoms with Gasteiger partial charge in [-0.3, -0.25) is 4.98 Å². The van der Waals surface area contributed by atoms with Crippen LogP contribution in [0.4, 0.5) is 0 Å². The molecule has 0 fully saturated rings. The third kappa shape index (κ3) is 2.57. The summed E-state index contributed by atoms with van der Waals surface area (Å²) < 4.78 is 16.5. The number of aromatic nitrogens is 1. The summed E-state index contributed by atoms with van der Waals surface area (Å²) in [5, 5.41) is 1.04. The van der Waals surface area contributed by atoms with E-state index in [2.05, 4.69) is 6.07 Å². The maximum absolute atomic E-state index is 5.57. The van der Waals surface area contributed by atoms with E-state index >= 15 is 0 Å². The van der Waals surface area contributed by atoms with Crippen LogP contribution in [-0.4, -0.2) is 18.9 Å². The van der Waals surface area contributed by atoms with Crippen LogP contribution in [0, 0.1) is 0 Å². The Kier molecular flexibility index (Phi) is 3.50. The number of aryl methyl sites for hydroxylation is 2. The Bertz CT molecular complexity index is 860. The number of pyridine rings is 1. The van der Waals surface area contributed by atoms with Crippen molar-refractivity contribution in [1.82, 2.24) is 4.98 Å².